The summed E-state index contributed by atoms with van der Waals surface area (Å²) in [6.45, 7) is 7.38. The van der Waals surface area contributed by atoms with E-state index in [2.05, 4.69) is 10.5 Å². The van der Waals surface area contributed by atoms with E-state index in [4.69, 9.17) is 4.52 Å². The van der Waals surface area contributed by atoms with Gasteiger partial charge in [-0.15, -0.1) is 0 Å². The van der Waals surface area contributed by atoms with E-state index in [0.29, 0.717) is 11.3 Å². The molecule has 0 radical (unpaired) electrons. The maximum absolute atomic E-state index is 13.2. The van der Waals surface area contributed by atoms with Gasteiger partial charge in [0, 0.05) is 12.1 Å². The van der Waals surface area contributed by atoms with Crippen molar-refractivity contribution in [3.8, 4) is 0 Å². The predicted octanol–water partition coefficient (Wildman–Crippen LogP) is 4.84. The fraction of sp³-hybridized carbons (Fsp3) is 0.471. The highest BCUT2D eigenvalue weighted by Crippen LogP contribution is 2.36. The standard InChI is InChI=1S/C17H21F3N2O/c1-10-9-16(22-23-10)13(4)21-12(3)11(2)14-7-5-6-8-15(14)17(18,19)20/h5-9,11-13,21H,1-4H3/t11-,12+,13+/m1/s1. The lowest BCUT2D eigenvalue weighted by atomic mass is 9.89. The first kappa shape index (κ1) is 17.5. The molecule has 1 aromatic heterocycles. The minimum atomic E-state index is -4.35. The van der Waals surface area contributed by atoms with E-state index < -0.39 is 11.7 Å². The van der Waals surface area contributed by atoms with Crippen molar-refractivity contribution in [1.82, 2.24) is 10.5 Å². The molecular formula is C17H21F3N2O. The van der Waals surface area contributed by atoms with Crippen molar-refractivity contribution in [1.29, 1.82) is 0 Å². The van der Waals surface area contributed by atoms with E-state index >= 15 is 0 Å². The zero-order valence-electron chi connectivity index (χ0n) is 13.6. The van der Waals surface area contributed by atoms with E-state index in [0.717, 1.165) is 11.8 Å². The van der Waals surface area contributed by atoms with E-state index in [1.54, 1.807) is 19.9 Å². The van der Waals surface area contributed by atoms with Gasteiger partial charge in [-0.1, -0.05) is 30.3 Å². The zero-order chi connectivity index (χ0) is 17.2. The van der Waals surface area contributed by atoms with E-state index in [1.807, 2.05) is 19.9 Å². The highest BCUT2D eigenvalue weighted by molar-refractivity contribution is 5.33. The first-order chi connectivity index (χ1) is 10.7. The molecule has 0 fully saturated rings. The second-order valence-corrected chi connectivity index (χ2v) is 5.91. The minimum absolute atomic E-state index is 0.108. The number of benzene rings is 1. The number of hydrogen-bond acceptors (Lipinski definition) is 3. The van der Waals surface area contributed by atoms with Crippen LogP contribution in [0.3, 0.4) is 0 Å². The Labute approximate surface area is 133 Å². The molecule has 1 heterocycles. The predicted molar refractivity (Wildman–Crippen MR) is 82.1 cm³/mol. The van der Waals surface area contributed by atoms with Crippen molar-refractivity contribution in [2.45, 2.75) is 51.9 Å². The summed E-state index contributed by atoms with van der Waals surface area (Å²) in [6.07, 6.45) is -4.35. The second-order valence-electron chi connectivity index (χ2n) is 5.91. The maximum atomic E-state index is 13.2. The van der Waals surface area contributed by atoms with E-state index in [9.17, 15) is 13.2 Å². The fourth-order valence-corrected chi connectivity index (χ4v) is 2.64. The average Bonchev–Trinajstić information content (AvgIpc) is 2.92. The van der Waals surface area contributed by atoms with Crippen molar-refractivity contribution in [2.24, 2.45) is 0 Å². The number of halogens is 3. The average molecular weight is 326 g/mol. The molecule has 0 spiro atoms. The number of aromatic nitrogens is 1. The SMILES string of the molecule is Cc1cc([C@H](C)N[C@@H](C)[C@@H](C)c2ccccc2C(F)(F)F)no1. The van der Waals surface area contributed by atoms with Gasteiger partial charge in [0.2, 0.25) is 0 Å². The van der Waals surface area contributed by atoms with Crippen molar-refractivity contribution in [3.05, 3.63) is 52.9 Å². The van der Waals surface area contributed by atoms with Gasteiger partial charge in [0.05, 0.1) is 11.6 Å². The molecule has 0 unspecified atom stereocenters. The van der Waals surface area contributed by atoms with Crippen LogP contribution in [0.2, 0.25) is 0 Å². The van der Waals surface area contributed by atoms with Crippen LogP contribution in [0.5, 0.6) is 0 Å². The lowest BCUT2D eigenvalue weighted by molar-refractivity contribution is -0.138. The lowest BCUT2D eigenvalue weighted by Gasteiger charge is -2.27. The fourth-order valence-electron chi connectivity index (χ4n) is 2.64. The van der Waals surface area contributed by atoms with Crippen molar-refractivity contribution in [3.63, 3.8) is 0 Å². The van der Waals surface area contributed by atoms with Gasteiger partial charge in [-0.05, 0) is 38.3 Å². The molecule has 2 aromatic rings. The van der Waals surface area contributed by atoms with Gasteiger partial charge in [0.15, 0.2) is 0 Å². The molecule has 2 rings (SSSR count). The van der Waals surface area contributed by atoms with Crippen LogP contribution in [0.15, 0.2) is 34.9 Å². The van der Waals surface area contributed by atoms with Gasteiger partial charge in [0.1, 0.15) is 11.5 Å². The first-order valence-electron chi connectivity index (χ1n) is 7.55. The van der Waals surface area contributed by atoms with Crippen LogP contribution in [0, 0.1) is 6.92 Å². The van der Waals surface area contributed by atoms with Crippen LogP contribution >= 0.6 is 0 Å². The summed E-state index contributed by atoms with van der Waals surface area (Å²) in [5.74, 6) is 0.403. The first-order valence-corrected chi connectivity index (χ1v) is 7.55. The lowest BCUT2D eigenvalue weighted by Crippen LogP contribution is -2.34. The van der Waals surface area contributed by atoms with Gasteiger partial charge in [-0.2, -0.15) is 13.2 Å². The highest BCUT2D eigenvalue weighted by atomic mass is 19.4. The van der Waals surface area contributed by atoms with Crippen LogP contribution in [0.4, 0.5) is 13.2 Å². The number of nitrogens with one attached hydrogen (secondary N) is 1. The molecule has 0 aliphatic rings. The Morgan fingerprint density at radius 3 is 2.35 bits per heavy atom. The molecule has 0 bridgehead atoms. The summed E-state index contributed by atoms with van der Waals surface area (Å²) in [4.78, 5) is 0. The molecule has 3 nitrogen and oxygen atoms in total. The zero-order valence-corrected chi connectivity index (χ0v) is 13.6. The number of rotatable bonds is 5. The molecule has 0 aliphatic heterocycles. The van der Waals surface area contributed by atoms with Crippen molar-refractivity contribution < 1.29 is 17.7 Å². The summed E-state index contributed by atoms with van der Waals surface area (Å²) >= 11 is 0. The van der Waals surface area contributed by atoms with Crippen molar-refractivity contribution >= 4 is 0 Å². The van der Waals surface area contributed by atoms with Gasteiger partial charge >= 0.3 is 6.18 Å². The minimum Gasteiger partial charge on any atom is -0.361 e. The maximum Gasteiger partial charge on any atom is 0.416 e. The van der Waals surface area contributed by atoms with Crippen LogP contribution in [0.25, 0.3) is 0 Å². The molecule has 0 saturated heterocycles. The van der Waals surface area contributed by atoms with Crippen LogP contribution in [-0.4, -0.2) is 11.2 Å². The van der Waals surface area contributed by atoms with E-state index in [-0.39, 0.29) is 18.0 Å². The number of nitrogens with zero attached hydrogens (tertiary/aromatic N) is 1. The van der Waals surface area contributed by atoms with Crippen LogP contribution in [0.1, 0.15) is 55.3 Å². The van der Waals surface area contributed by atoms with E-state index in [1.165, 1.54) is 12.1 Å². The van der Waals surface area contributed by atoms with Gasteiger partial charge in [-0.3, -0.25) is 0 Å². The molecule has 0 saturated carbocycles. The van der Waals surface area contributed by atoms with Gasteiger partial charge in [-0.25, -0.2) is 0 Å². The number of aryl methyl sites for hydroxylation is 1. The Morgan fingerprint density at radius 1 is 1.13 bits per heavy atom. The third kappa shape index (κ3) is 4.13. The molecule has 1 N–H and O–H groups in total. The molecule has 126 valence electrons. The Kier molecular flexibility index (Phi) is 5.14. The quantitative estimate of drug-likeness (QED) is 0.854. The Hall–Kier alpha value is -1.82. The Bertz CT molecular complexity index is 651. The number of alkyl halides is 3. The molecule has 1 aromatic carbocycles. The largest absolute Gasteiger partial charge is 0.416 e. The Balaban J connectivity index is 2.15. The molecular weight excluding hydrogens is 305 g/mol. The van der Waals surface area contributed by atoms with Gasteiger partial charge in [0.25, 0.3) is 0 Å². The summed E-state index contributed by atoms with van der Waals surface area (Å²) in [5, 5.41) is 7.24. The normalized spacial score (nSPS) is 16.1. The van der Waals surface area contributed by atoms with Crippen LogP contribution in [-0.2, 0) is 6.18 Å². The van der Waals surface area contributed by atoms with Crippen LogP contribution < -0.4 is 5.32 Å². The van der Waals surface area contributed by atoms with Crippen molar-refractivity contribution in [2.75, 3.05) is 0 Å². The number of hydrogen-bond donors (Lipinski definition) is 1. The molecule has 0 amide bonds. The summed E-state index contributed by atoms with van der Waals surface area (Å²) in [6, 6.07) is 7.27. The third-order valence-electron chi connectivity index (χ3n) is 4.11. The van der Waals surface area contributed by atoms with Gasteiger partial charge < -0.3 is 9.84 Å². The molecule has 23 heavy (non-hydrogen) atoms. The highest BCUT2D eigenvalue weighted by Gasteiger charge is 2.35. The second kappa shape index (κ2) is 6.74. The summed E-state index contributed by atoms with van der Waals surface area (Å²) in [5.41, 5.74) is 0.459. The molecule has 3 atom stereocenters. The summed E-state index contributed by atoms with van der Waals surface area (Å²) in [7, 11) is 0. The summed E-state index contributed by atoms with van der Waals surface area (Å²) < 4.78 is 44.5. The third-order valence-corrected chi connectivity index (χ3v) is 4.11. The molecule has 0 aliphatic carbocycles. The monoisotopic (exact) mass is 326 g/mol. The Morgan fingerprint density at radius 2 is 1.78 bits per heavy atom. The topological polar surface area (TPSA) is 38.1 Å². The smallest absolute Gasteiger partial charge is 0.361 e. The molecule has 6 heteroatoms.